The van der Waals surface area contributed by atoms with E-state index in [2.05, 4.69) is 5.32 Å². The molecule has 102 valence electrons. The molecule has 3 rings (SSSR count). The van der Waals surface area contributed by atoms with Crippen molar-refractivity contribution in [3.05, 3.63) is 47.9 Å². The van der Waals surface area contributed by atoms with Gasteiger partial charge in [0.2, 0.25) is 0 Å². The van der Waals surface area contributed by atoms with Gasteiger partial charge < -0.3 is 19.4 Å². The van der Waals surface area contributed by atoms with Gasteiger partial charge in [-0.25, -0.2) is 0 Å². The first-order chi connectivity index (χ1) is 9.47. The van der Waals surface area contributed by atoms with Gasteiger partial charge in [0, 0.05) is 5.69 Å². The third-order valence-electron chi connectivity index (χ3n) is 3.41. The summed E-state index contributed by atoms with van der Waals surface area (Å²) in [6.45, 7) is 3.79. The van der Waals surface area contributed by atoms with Crippen LogP contribution in [0.1, 0.15) is 29.8 Å². The standard InChI is InChI=1S/C14H14BNO4/c1-14(2)11-4-3-10(7-12(11)15(18)20-14)16-13(17)9-5-6-19-8-9/h3-8,18H,1-2H3,(H,16,17). The Kier molecular flexibility index (Phi) is 2.92. The Bertz CT molecular complexity index is 651. The maximum absolute atomic E-state index is 11.9. The summed E-state index contributed by atoms with van der Waals surface area (Å²) < 4.78 is 10.4. The van der Waals surface area contributed by atoms with Crippen LogP contribution in [0.5, 0.6) is 0 Å². The van der Waals surface area contributed by atoms with Gasteiger partial charge in [-0.15, -0.1) is 0 Å². The molecule has 20 heavy (non-hydrogen) atoms. The summed E-state index contributed by atoms with van der Waals surface area (Å²) in [5.41, 5.74) is 2.13. The summed E-state index contributed by atoms with van der Waals surface area (Å²) in [5, 5.41) is 12.7. The zero-order chi connectivity index (χ0) is 14.3. The van der Waals surface area contributed by atoms with E-state index in [-0.39, 0.29) is 5.91 Å². The minimum Gasteiger partial charge on any atom is -0.472 e. The van der Waals surface area contributed by atoms with Crippen molar-refractivity contribution in [2.45, 2.75) is 19.4 Å². The molecule has 0 spiro atoms. The first-order valence-electron chi connectivity index (χ1n) is 6.31. The quantitative estimate of drug-likeness (QED) is 0.811. The van der Waals surface area contributed by atoms with E-state index < -0.39 is 12.7 Å². The zero-order valence-electron chi connectivity index (χ0n) is 11.2. The predicted molar refractivity (Wildman–Crippen MR) is 74.8 cm³/mol. The Balaban J connectivity index is 1.87. The summed E-state index contributed by atoms with van der Waals surface area (Å²) in [6.07, 6.45) is 2.82. The molecule has 0 bridgehead atoms. The molecule has 1 aromatic heterocycles. The van der Waals surface area contributed by atoms with Gasteiger partial charge in [0.25, 0.3) is 5.91 Å². The monoisotopic (exact) mass is 271 g/mol. The van der Waals surface area contributed by atoms with Crippen LogP contribution in [0.3, 0.4) is 0 Å². The molecule has 2 heterocycles. The number of rotatable bonds is 2. The molecule has 0 saturated heterocycles. The summed E-state index contributed by atoms with van der Waals surface area (Å²) >= 11 is 0. The van der Waals surface area contributed by atoms with Crippen molar-refractivity contribution in [3.63, 3.8) is 0 Å². The number of anilines is 1. The third-order valence-corrected chi connectivity index (χ3v) is 3.41. The normalized spacial score (nSPS) is 16.1. The number of nitrogens with one attached hydrogen (secondary N) is 1. The molecule has 0 unspecified atom stereocenters. The van der Waals surface area contributed by atoms with Crippen molar-refractivity contribution >= 4 is 24.2 Å². The van der Waals surface area contributed by atoms with E-state index in [0.29, 0.717) is 16.7 Å². The van der Waals surface area contributed by atoms with E-state index in [1.165, 1.54) is 12.5 Å². The number of furan rings is 1. The lowest BCUT2D eigenvalue weighted by molar-refractivity contribution is 0.100. The van der Waals surface area contributed by atoms with Crippen LogP contribution in [-0.2, 0) is 10.3 Å². The van der Waals surface area contributed by atoms with Crippen molar-refractivity contribution in [1.29, 1.82) is 0 Å². The van der Waals surface area contributed by atoms with Gasteiger partial charge in [0.05, 0.1) is 17.4 Å². The fourth-order valence-corrected chi connectivity index (χ4v) is 2.40. The van der Waals surface area contributed by atoms with Gasteiger partial charge in [-0.3, -0.25) is 4.79 Å². The Hall–Kier alpha value is -2.05. The van der Waals surface area contributed by atoms with Gasteiger partial charge in [-0.1, -0.05) is 6.07 Å². The van der Waals surface area contributed by atoms with Crippen LogP contribution in [0, 0.1) is 0 Å². The average molecular weight is 271 g/mol. The number of benzene rings is 1. The zero-order valence-corrected chi connectivity index (χ0v) is 11.2. The van der Waals surface area contributed by atoms with Crippen LogP contribution in [0.2, 0.25) is 0 Å². The number of carbonyl (C=O) groups excluding carboxylic acids is 1. The van der Waals surface area contributed by atoms with Crippen LogP contribution in [0.4, 0.5) is 5.69 Å². The van der Waals surface area contributed by atoms with E-state index >= 15 is 0 Å². The Labute approximate surface area is 116 Å². The number of hydrogen-bond donors (Lipinski definition) is 2. The Morgan fingerprint density at radius 2 is 2.15 bits per heavy atom. The summed E-state index contributed by atoms with van der Waals surface area (Å²) in [5.74, 6) is -0.258. The summed E-state index contributed by atoms with van der Waals surface area (Å²) in [4.78, 5) is 11.9. The first-order valence-corrected chi connectivity index (χ1v) is 6.31. The van der Waals surface area contributed by atoms with Crippen molar-refractivity contribution in [2.24, 2.45) is 0 Å². The molecular weight excluding hydrogens is 257 g/mol. The minimum atomic E-state index is -0.967. The fraction of sp³-hybridized carbons (Fsp3) is 0.214. The lowest BCUT2D eigenvalue weighted by atomic mass is 9.78. The highest BCUT2D eigenvalue weighted by molar-refractivity contribution is 6.62. The lowest BCUT2D eigenvalue weighted by Crippen LogP contribution is -2.29. The van der Waals surface area contributed by atoms with Crippen LogP contribution in [0.25, 0.3) is 0 Å². The smallest absolute Gasteiger partial charge is 0.472 e. The van der Waals surface area contributed by atoms with E-state index in [1.54, 1.807) is 18.2 Å². The third kappa shape index (κ3) is 2.13. The van der Waals surface area contributed by atoms with Crippen LogP contribution >= 0.6 is 0 Å². The molecule has 0 fully saturated rings. The highest BCUT2D eigenvalue weighted by Gasteiger charge is 2.40. The maximum Gasteiger partial charge on any atom is 0.492 e. The van der Waals surface area contributed by atoms with Crippen molar-refractivity contribution < 1.29 is 18.9 Å². The van der Waals surface area contributed by atoms with Crippen molar-refractivity contribution in [1.82, 2.24) is 0 Å². The number of fused-ring (bicyclic) bond motifs is 1. The molecule has 5 nitrogen and oxygen atoms in total. The number of carbonyl (C=O) groups is 1. The molecule has 1 aromatic carbocycles. The van der Waals surface area contributed by atoms with Crippen molar-refractivity contribution in [3.8, 4) is 0 Å². The maximum atomic E-state index is 11.9. The van der Waals surface area contributed by atoms with Gasteiger partial charge >= 0.3 is 7.12 Å². The lowest BCUT2D eigenvalue weighted by Gasteiger charge is -2.19. The second kappa shape index (κ2) is 4.50. The van der Waals surface area contributed by atoms with E-state index in [4.69, 9.17) is 9.07 Å². The highest BCUT2D eigenvalue weighted by Crippen LogP contribution is 2.30. The molecule has 1 aliphatic rings. The predicted octanol–water partition coefficient (Wildman–Crippen LogP) is 1.48. The largest absolute Gasteiger partial charge is 0.492 e. The molecule has 0 atom stereocenters. The molecule has 0 radical (unpaired) electrons. The van der Waals surface area contributed by atoms with E-state index in [0.717, 1.165) is 5.56 Å². The molecule has 1 aliphatic heterocycles. The summed E-state index contributed by atoms with van der Waals surface area (Å²) in [6, 6.07) is 6.97. The molecule has 0 aliphatic carbocycles. The minimum absolute atomic E-state index is 0.258. The van der Waals surface area contributed by atoms with Gasteiger partial charge in [0.15, 0.2) is 0 Å². The highest BCUT2D eigenvalue weighted by atomic mass is 16.5. The van der Waals surface area contributed by atoms with Gasteiger partial charge in [-0.05, 0) is 43.1 Å². The molecular formula is C14H14BNO4. The number of hydrogen-bond acceptors (Lipinski definition) is 4. The number of amides is 1. The molecule has 2 N–H and O–H groups in total. The first kappa shape index (κ1) is 13.0. The molecule has 6 heteroatoms. The van der Waals surface area contributed by atoms with E-state index in [9.17, 15) is 9.82 Å². The molecule has 0 saturated carbocycles. The van der Waals surface area contributed by atoms with Crippen LogP contribution in [0.15, 0.2) is 41.2 Å². The van der Waals surface area contributed by atoms with E-state index in [1.807, 2.05) is 19.9 Å². The van der Waals surface area contributed by atoms with Crippen LogP contribution in [-0.4, -0.2) is 18.0 Å². The molecule has 2 aromatic rings. The summed E-state index contributed by atoms with van der Waals surface area (Å²) in [7, 11) is -0.967. The van der Waals surface area contributed by atoms with Crippen LogP contribution < -0.4 is 10.8 Å². The van der Waals surface area contributed by atoms with Gasteiger partial charge in [-0.2, -0.15) is 0 Å². The Morgan fingerprint density at radius 3 is 2.85 bits per heavy atom. The second-order valence-electron chi connectivity index (χ2n) is 5.25. The average Bonchev–Trinajstić information content (AvgIpc) is 2.97. The van der Waals surface area contributed by atoms with Crippen molar-refractivity contribution in [2.75, 3.05) is 5.32 Å². The fourth-order valence-electron chi connectivity index (χ4n) is 2.40. The Morgan fingerprint density at radius 1 is 1.35 bits per heavy atom. The topological polar surface area (TPSA) is 71.7 Å². The second-order valence-corrected chi connectivity index (χ2v) is 5.25. The molecule has 1 amide bonds. The van der Waals surface area contributed by atoms with Gasteiger partial charge in [0.1, 0.15) is 6.26 Å². The SMILES string of the molecule is CC1(C)OB(O)c2cc(NC(=O)c3ccoc3)ccc21.